The molecule has 2 unspecified atom stereocenters. The Hall–Kier alpha value is -1.39. The van der Waals surface area contributed by atoms with Crippen LogP contribution in [0.15, 0.2) is 0 Å². The van der Waals surface area contributed by atoms with Crippen LogP contribution in [0.4, 0.5) is 0 Å². The summed E-state index contributed by atoms with van der Waals surface area (Å²) in [5.74, 6) is -0.861. The smallest absolute Gasteiger partial charge is 0.303 e. The van der Waals surface area contributed by atoms with Gasteiger partial charge in [-0.15, -0.1) is 0 Å². The lowest BCUT2D eigenvalue weighted by Gasteiger charge is -2.42. The maximum Gasteiger partial charge on any atom is 0.303 e. The molecule has 0 bridgehead atoms. The minimum Gasteiger partial charge on any atom is -0.458 e. The first-order chi connectivity index (χ1) is 7.84. The van der Waals surface area contributed by atoms with E-state index < -0.39 is 5.97 Å². The highest BCUT2D eigenvalue weighted by molar-refractivity contribution is 5.91. The number of rotatable bonds is 5. The molecule has 0 saturated carbocycles. The summed E-state index contributed by atoms with van der Waals surface area (Å²) < 4.78 is 4.66. The van der Waals surface area contributed by atoms with Gasteiger partial charge in [-0.05, 0) is 5.92 Å². The van der Waals surface area contributed by atoms with Gasteiger partial charge in [0.1, 0.15) is 6.61 Å². The number of esters is 1. The van der Waals surface area contributed by atoms with Gasteiger partial charge in [0.2, 0.25) is 5.91 Å². The van der Waals surface area contributed by atoms with E-state index in [9.17, 15) is 14.4 Å². The number of hydrogen-bond donors (Lipinski definition) is 1. The van der Waals surface area contributed by atoms with E-state index in [0.29, 0.717) is 0 Å². The van der Waals surface area contributed by atoms with Crippen molar-refractivity contribution in [3.8, 4) is 0 Å². The summed E-state index contributed by atoms with van der Waals surface area (Å²) in [6.07, 6.45) is 0. The van der Waals surface area contributed by atoms with Crippen molar-refractivity contribution in [1.29, 1.82) is 0 Å². The molecule has 0 aromatic carbocycles. The van der Waals surface area contributed by atoms with Gasteiger partial charge in [0.25, 0.3) is 0 Å². The van der Waals surface area contributed by atoms with Crippen LogP contribution >= 0.6 is 0 Å². The second kappa shape index (κ2) is 5.29. The first kappa shape index (κ1) is 13.7. The molecule has 1 aliphatic heterocycles. The Kier molecular flexibility index (Phi) is 4.26. The van der Waals surface area contributed by atoms with Gasteiger partial charge in [-0.3, -0.25) is 14.4 Å². The van der Waals surface area contributed by atoms with Crippen molar-refractivity contribution in [3.05, 3.63) is 0 Å². The van der Waals surface area contributed by atoms with E-state index in [1.165, 1.54) is 6.92 Å². The fraction of sp³-hybridized carbons (Fsp3) is 0.750. The van der Waals surface area contributed by atoms with Gasteiger partial charge in [-0.1, -0.05) is 20.8 Å². The predicted molar refractivity (Wildman–Crippen MR) is 61.1 cm³/mol. The van der Waals surface area contributed by atoms with E-state index in [-0.39, 0.29) is 42.1 Å². The summed E-state index contributed by atoms with van der Waals surface area (Å²) >= 11 is 0. The SMILES string of the molecule is CC(=O)OCC(=O)[C@H](C)C1NC(=O)C1C(C)C. The summed E-state index contributed by atoms with van der Waals surface area (Å²) in [4.78, 5) is 33.7. The normalized spacial score (nSPS) is 24.9. The third-order valence-corrected chi connectivity index (χ3v) is 3.18. The molecule has 1 saturated heterocycles. The highest BCUT2D eigenvalue weighted by Gasteiger charge is 2.45. The van der Waals surface area contributed by atoms with E-state index in [4.69, 9.17) is 0 Å². The Labute approximate surface area is 101 Å². The zero-order chi connectivity index (χ0) is 13.2. The maximum atomic E-state index is 11.7. The molecule has 17 heavy (non-hydrogen) atoms. The number of β-lactam (4-membered cyclic amide) rings is 1. The minimum atomic E-state index is -0.469. The molecule has 5 heteroatoms. The van der Waals surface area contributed by atoms with E-state index in [1.807, 2.05) is 13.8 Å². The molecule has 96 valence electrons. The van der Waals surface area contributed by atoms with Crippen LogP contribution in [0.1, 0.15) is 27.7 Å². The Morgan fingerprint density at radius 2 is 1.94 bits per heavy atom. The summed E-state index contributed by atoms with van der Waals surface area (Å²) in [6.45, 7) is 6.72. The molecular weight excluding hydrogens is 222 g/mol. The molecule has 1 N–H and O–H groups in total. The van der Waals surface area contributed by atoms with E-state index in [1.54, 1.807) is 6.92 Å². The molecule has 0 radical (unpaired) electrons. The minimum absolute atomic E-state index is 0.00265. The lowest BCUT2D eigenvalue weighted by molar-refractivity contribution is -0.150. The molecule has 0 spiro atoms. The molecule has 3 atom stereocenters. The third-order valence-electron chi connectivity index (χ3n) is 3.18. The highest BCUT2D eigenvalue weighted by Crippen LogP contribution is 2.29. The van der Waals surface area contributed by atoms with Gasteiger partial charge in [-0.2, -0.15) is 0 Å². The summed E-state index contributed by atoms with van der Waals surface area (Å²) in [6, 6.07) is -0.134. The van der Waals surface area contributed by atoms with Crippen molar-refractivity contribution in [2.45, 2.75) is 33.7 Å². The van der Waals surface area contributed by atoms with Crippen LogP contribution in [0.3, 0.4) is 0 Å². The van der Waals surface area contributed by atoms with E-state index >= 15 is 0 Å². The van der Waals surface area contributed by atoms with Crippen molar-refractivity contribution < 1.29 is 19.1 Å². The van der Waals surface area contributed by atoms with Crippen LogP contribution in [0.5, 0.6) is 0 Å². The van der Waals surface area contributed by atoms with Crippen LogP contribution in [0, 0.1) is 17.8 Å². The Balaban J connectivity index is 2.53. The van der Waals surface area contributed by atoms with Crippen molar-refractivity contribution >= 4 is 17.7 Å². The molecule has 1 rings (SSSR count). The number of nitrogens with one attached hydrogen (secondary N) is 1. The molecule has 0 aromatic heterocycles. The summed E-state index contributed by atoms with van der Waals surface area (Å²) in [5.41, 5.74) is 0. The molecule has 5 nitrogen and oxygen atoms in total. The topological polar surface area (TPSA) is 72.5 Å². The van der Waals surface area contributed by atoms with Gasteiger partial charge in [0.05, 0.1) is 12.0 Å². The summed E-state index contributed by atoms with van der Waals surface area (Å²) in [7, 11) is 0. The Morgan fingerprint density at radius 1 is 1.35 bits per heavy atom. The van der Waals surface area contributed by atoms with Crippen LogP contribution in [-0.2, 0) is 19.1 Å². The Morgan fingerprint density at radius 3 is 2.35 bits per heavy atom. The van der Waals surface area contributed by atoms with Crippen LogP contribution in [0.2, 0.25) is 0 Å². The first-order valence-corrected chi connectivity index (χ1v) is 5.81. The number of amides is 1. The Bertz CT molecular complexity index is 337. The van der Waals surface area contributed by atoms with Gasteiger partial charge >= 0.3 is 5.97 Å². The largest absolute Gasteiger partial charge is 0.458 e. The van der Waals surface area contributed by atoms with Crippen LogP contribution in [0.25, 0.3) is 0 Å². The highest BCUT2D eigenvalue weighted by atomic mass is 16.5. The number of carbonyl (C=O) groups is 3. The lowest BCUT2D eigenvalue weighted by atomic mass is 9.74. The van der Waals surface area contributed by atoms with Gasteiger partial charge in [-0.25, -0.2) is 0 Å². The zero-order valence-corrected chi connectivity index (χ0v) is 10.6. The van der Waals surface area contributed by atoms with Crippen molar-refractivity contribution in [2.24, 2.45) is 17.8 Å². The fourth-order valence-electron chi connectivity index (χ4n) is 2.08. The molecule has 1 aliphatic rings. The molecule has 1 heterocycles. The average molecular weight is 241 g/mol. The average Bonchev–Trinajstić information content (AvgIpc) is 2.20. The number of Topliss-reactive ketones (excluding diaryl/α,β-unsaturated/α-hetero) is 1. The van der Waals surface area contributed by atoms with E-state index in [0.717, 1.165) is 0 Å². The number of carbonyl (C=O) groups excluding carboxylic acids is 3. The summed E-state index contributed by atoms with van der Waals surface area (Å²) in [5, 5.41) is 2.74. The molecule has 1 fully saturated rings. The van der Waals surface area contributed by atoms with E-state index in [2.05, 4.69) is 10.1 Å². The molecule has 0 aliphatic carbocycles. The van der Waals surface area contributed by atoms with Gasteiger partial charge in [0.15, 0.2) is 5.78 Å². The van der Waals surface area contributed by atoms with Crippen molar-refractivity contribution in [3.63, 3.8) is 0 Å². The van der Waals surface area contributed by atoms with Gasteiger partial charge < -0.3 is 10.1 Å². The van der Waals surface area contributed by atoms with Crippen molar-refractivity contribution in [1.82, 2.24) is 5.32 Å². The standard InChI is InChI=1S/C12H19NO4/c1-6(2)10-11(13-12(10)16)7(3)9(15)5-17-8(4)14/h6-7,10-11H,5H2,1-4H3,(H,13,16)/t7-,10?,11?/m0/s1. The predicted octanol–water partition coefficient (Wildman–Crippen LogP) is 0.525. The van der Waals surface area contributed by atoms with Crippen LogP contribution in [-0.4, -0.2) is 30.3 Å². The lowest BCUT2D eigenvalue weighted by Crippen LogP contribution is -2.64. The second-order valence-electron chi connectivity index (χ2n) is 4.84. The van der Waals surface area contributed by atoms with Crippen LogP contribution < -0.4 is 5.32 Å². The number of ketones is 1. The molecule has 1 amide bonds. The second-order valence-corrected chi connectivity index (χ2v) is 4.84. The monoisotopic (exact) mass is 241 g/mol. The number of hydrogen-bond acceptors (Lipinski definition) is 4. The van der Waals surface area contributed by atoms with Gasteiger partial charge in [0, 0.05) is 12.8 Å². The third kappa shape index (κ3) is 3.05. The molecule has 0 aromatic rings. The maximum absolute atomic E-state index is 11.7. The fourth-order valence-corrected chi connectivity index (χ4v) is 2.08. The quantitative estimate of drug-likeness (QED) is 0.563. The number of ether oxygens (including phenoxy) is 1. The zero-order valence-electron chi connectivity index (χ0n) is 10.6. The first-order valence-electron chi connectivity index (χ1n) is 5.81. The van der Waals surface area contributed by atoms with Crippen molar-refractivity contribution in [2.75, 3.05) is 6.61 Å². The molecular formula is C12H19NO4.